The molecule has 0 aromatic heterocycles. The van der Waals surface area contributed by atoms with Gasteiger partial charge in [-0.3, -0.25) is 19.7 Å². The quantitative estimate of drug-likeness (QED) is 0.495. The first-order valence-electron chi connectivity index (χ1n) is 5.38. The zero-order chi connectivity index (χ0) is 15.3. The maximum atomic E-state index is 11.8. The average molecular weight is 280 g/mol. The summed E-state index contributed by atoms with van der Waals surface area (Å²) in [7, 11) is 2.66. The Balaban J connectivity index is 3.23. The molecule has 0 fully saturated rings. The minimum Gasteiger partial charge on any atom is -0.478 e. The van der Waals surface area contributed by atoms with Crippen molar-refractivity contribution in [2.75, 3.05) is 14.2 Å². The molecule has 1 aromatic rings. The summed E-state index contributed by atoms with van der Waals surface area (Å²) in [6, 6.07) is 3.72. The molecular weight excluding hydrogens is 268 g/mol. The van der Waals surface area contributed by atoms with Crippen LogP contribution in [-0.2, 0) is 9.63 Å². The third-order valence-corrected chi connectivity index (χ3v) is 2.44. The topological polar surface area (TPSA) is 110 Å². The van der Waals surface area contributed by atoms with Gasteiger partial charge in [-0.2, -0.15) is 0 Å². The van der Waals surface area contributed by atoms with E-state index in [0.717, 1.165) is 23.3 Å². The number of nitrogens with zero attached hydrogens (tertiary/aromatic N) is 2. The van der Waals surface area contributed by atoms with Gasteiger partial charge in [0.1, 0.15) is 0 Å². The van der Waals surface area contributed by atoms with Crippen molar-refractivity contribution in [3.8, 4) is 0 Å². The Hall–Kier alpha value is -2.74. The minimum atomic E-state index is -1.22. The minimum absolute atomic E-state index is 0.0634. The van der Waals surface area contributed by atoms with Crippen LogP contribution in [0, 0.1) is 10.1 Å². The molecule has 0 saturated heterocycles. The van der Waals surface area contributed by atoms with Gasteiger partial charge in [-0.05, 0) is 18.2 Å². The Morgan fingerprint density at radius 2 is 2.10 bits per heavy atom. The van der Waals surface area contributed by atoms with Gasteiger partial charge >= 0.3 is 5.97 Å². The second kappa shape index (κ2) is 6.43. The Morgan fingerprint density at radius 3 is 2.60 bits per heavy atom. The molecule has 0 saturated carbocycles. The third-order valence-electron chi connectivity index (χ3n) is 2.44. The summed E-state index contributed by atoms with van der Waals surface area (Å²) in [5.74, 6) is -1.78. The van der Waals surface area contributed by atoms with Crippen molar-refractivity contribution in [1.29, 1.82) is 0 Å². The number of carboxylic acid groups (broad SMARTS) is 1. The molecule has 0 unspecified atom stereocenters. The van der Waals surface area contributed by atoms with Crippen molar-refractivity contribution >= 4 is 23.6 Å². The molecule has 20 heavy (non-hydrogen) atoms. The number of aliphatic carboxylic acids is 1. The molecule has 106 valence electrons. The van der Waals surface area contributed by atoms with Gasteiger partial charge in [-0.1, -0.05) is 0 Å². The lowest BCUT2D eigenvalue weighted by molar-refractivity contribution is -0.385. The van der Waals surface area contributed by atoms with Crippen molar-refractivity contribution in [2.24, 2.45) is 0 Å². The van der Waals surface area contributed by atoms with Crippen molar-refractivity contribution in [2.45, 2.75) is 0 Å². The fourth-order valence-electron chi connectivity index (χ4n) is 1.40. The average Bonchev–Trinajstić information content (AvgIpc) is 2.42. The molecule has 1 amide bonds. The summed E-state index contributed by atoms with van der Waals surface area (Å²) in [6.07, 6.45) is 1.87. The van der Waals surface area contributed by atoms with E-state index in [0.29, 0.717) is 0 Å². The molecule has 0 heterocycles. The second-order valence-electron chi connectivity index (χ2n) is 3.69. The Morgan fingerprint density at radius 1 is 1.45 bits per heavy atom. The number of hydrogen-bond donors (Lipinski definition) is 1. The van der Waals surface area contributed by atoms with E-state index in [1.54, 1.807) is 0 Å². The van der Waals surface area contributed by atoms with E-state index < -0.39 is 16.8 Å². The van der Waals surface area contributed by atoms with E-state index in [1.807, 2.05) is 0 Å². The normalized spacial score (nSPS) is 10.5. The number of hydrogen-bond acceptors (Lipinski definition) is 5. The van der Waals surface area contributed by atoms with Gasteiger partial charge in [0, 0.05) is 24.8 Å². The highest BCUT2D eigenvalue weighted by atomic mass is 16.7. The van der Waals surface area contributed by atoms with Crippen molar-refractivity contribution in [3.63, 3.8) is 0 Å². The smallest absolute Gasteiger partial charge is 0.328 e. The first-order valence-corrected chi connectivity index (χ1v) is 5.38. The summed E-state index contributed by atoms with van der Waals surface area (Å²) >= 11 is 0. The van der Waals surface area contributed by atoms with Crippen LogP contribution in [0.1, 0.15) is 15.9 Å². The molecule has 0 aliphatic carbocycles. The monoisotopic (exact) mass is 280 g/mol. The van der Waals surface area contributed by atoms with E-state index >= 15 is 0 Å². The van der Waals surface area contributed by atoms with Crippen molar-refractivity contribution in [3.05, 3.63) is 45.5 Å². The number of amides is 1. The number of carbonyl (C=O) groups is 2. The summed E-state index contributed by atoms with van der Waals surface area (Å²) < 4.78 is 0. The zero-order valence-corrected chi connectivity index (χ0v) is 10.8. The van der Waals surface area contributed by atoms with Crippen LogP contribution in [0.5, 0.6) is 0 Å². The molecule has 8 nitrogen and oxygen atoms in total. The lowest BCUT2D eigenvalue weighted by Crippen LogP contribution is -2.25. The number of nitro benzene ring substituents is 1. The molecule has 0 aliphatic heterocycles. The van der Waals surface area contributed by atoms with Crippen molar-refractivity contribution in [1.82, 2.24) is 5.06 Å². The van der Waals surface area contributed by atoms with Crippen LogP contribution in [0.2, 0.25) is 0 Å². The standard InChI is InChI=1S/C12H12N2O6/c1-13(20-2)12(17)9-4-3-8(5-6-11(15)16)10(7-9)14(18)19/h3-7H,1-2H3,(H,15,16)/b6-5+. The summed E-state index contributed by atoms with van der Waals surface area (Å²) in [4.78, 5) is 37.2. The number of nitro groups is 1. The highest BCUT2D eigenvalue weighted by Crippen LogP contribution is 2.22. The van der Waals surface area contributed by atoms with Crippen molar-refractivity contribution < 1.29 is 24.5 Å². The van der Waals surface area contributed by atoms with Gasteiger partial charge in [0.25, 0.3) is 11.6 Å². The Kier molecular flexibility index (Phi) is 4.93. The number of carboxylic acids is 1. The predicted molar refractivity (Wildman–Crippen MR) is 68.9 cm³/mol. The number of hydroxylamine groups is 2. The zero-order valence-electron chi connectivity index (χ0n) is 10.8. The van der Waals surface area contributed by atoms with E-state index in [1.165, 1.54) is 26.3 Å². The Labute approximate surface area is 114 Å². The SMILES string of the molecule is CON(C)C(=O)c1ccc(/C=C/C(=O)O)c([N+](=O)[O-])c1. The fraction of sp³-hybridized carbons (Fsp3) is 0.167. The summed E-state index contributed by atoms with van der Waals surface area (Å²) in [6.45, 7) is 0. The highest BCUT2D eigenvalue weighted by Gasteiger charge is 2.18. The molecule has 1 rings (SSSR count). The van der Waals surface area contributed by atoms with Crippen LogP contribution in [0.25, 0.3) is 6.08 Å². The van der Waals surface area contributed by atoms with Gasteiger partial charge < -0.3 is 5.11 Å². The maximum Gasteiger partial charge on any atom is 0.328 e. The van der Waals surface area contributed by atoms with Gasteiger partial charge in [-0.15, -0.1) is 0 Å². The molecule has 0 aliphatic rings. The Bertz CT molecular complexity index is 581. The summed E-state index contributed by atoms with van der Waals surface area (Å²) in [5, 5.41) is 20.4. The molecule has 1 N–H and O–H groups in total. The third kappa shape index (κ3) is 3.62. The highest BCUT2D eigenvalue weighted by molar-refractivity contribution is 5.95. The lowest BCUT2D eigenvalue weighted by atomic mass is 10.1. The molecule has 0 spiro atoms. The number of rotatable bonds is 5. The molecule has 0 radical (unpaired) electrons. The van der Waals surface area contributed by atoms with Crippen LogP contribution < -0.4 is 0 Å². The van der Waals surface area contributed by atoms with E-state index in [-0.39, 0.29) is 16.8 Å². The predicted octanol–water partition coefficient (Wildman–Crippen LogP) is 1.33. The fourth-order valence-corrected chi connectivity index (χ4v) is 1.40. The van der Waals surface area contributed by atoms with Crippen LogP contribution in [-0.4, -0.2) is 41.1 Å². The molecule has 1 aromatic carbocycles. The first kappa shape index (κ1) is 15.3. The molecule has 0 bridgehead atoms. The van der Waals surface area contributed by atoms with Crippen LogP contribution in [0.4, 0.5) is 5.69 Å². The molecule has 8 heteroatoms. The van der Waals surface area contributed by atoms with E-state index in [4.69, 9.17) is 9.94 Å². The number of carbonyl (C=O) groups excluding carboxylic acids is 1. The van der Waals surface area contributed by atoms with Gasteiger partial charge in [0.05, 0.1) is 17.6 Å². The maximum absolute atomic E-state index is 11.8. The second-order valence-corrected chi connectivity index (χ2v) is 3.69. The number of benzene rings is 1. The van der Waals surface area contributed by atoms with Gasteiger partial charge in [0.2, 0.25) is 0 Å². The lowest BCUT2D eigenvalue weighted by Gasteiger charge is -2.13. The van der Waals surface area contributed by atoms with E-state index in [9.17, 15) is 19.7 Å². The first-order chi connectivity index (χ1) is 9.36. The molecule has 0 atom stereocenters. The van der Waals surface area contributed by atoms with Gasteiger partial charge in [-0.25, -0.2) is 9.86 Å². The van der Waals surface area contributed by atoms with Crippen LogP contribution in [0.3, 0.4) is 0 Å². The van der Waals surface area contributed by atoms with Gasteiger partial charge in [0.15, 0.2) is 0 Å². The van der Waals surface area contributed by atoms with E-state index in [2.05, 4.69) is 0 Å². The molecular formula is C12H12N2O6. The van der Waals surface area contributed by atoms with Crippen LogP contribution in [0.15, 0.2) is 24.3 Å². The van der Waals surface area contributed by atoms with Crippen LogP contribution >= 0.6 is 0 Å². The summed E-state index contributed by atoms with van der Waals surface area (Å²) in [5.41, 5.74) is -0.208. The largest absolute Gasteiger partial charge is 0.478 e.